The van der Waals surface area contributed by atoms with E-state index in [4.69, 9.17) is 0 Å². The summed E-state index contributed by atoms with van der Waals surface area (Å²) >= 11 is 1.64. The van der Waals surface area contributed by atoms with Crippen LogP contribution in [0.25, 0.3) is 6.08 Å². The molecule has 0 saturated heterocycles. The average Bonchev–Trinajstić information content (AvgIpc) is 3.07. The van der Waals surface area contributed by atoms with Crippen LogP contribution in [0.3, 0.4) is 0 Å². The fourth-order valence-corrected chi connectivity index (χ4v) is 3.14. The van der Waals surface area contributed by atoms with Crippen molar-refractivity contribution in [1.29, 1.82) is 0 Å². The van der Waals surface area contributed by atoms with Gasteiger partial charge in [0.15, 0.2) is 0 Å². The Balaban J connectivity index is 1.75. The lowest BCUT2D eigenvalue weighted by molar-refractivity contribution is -0.129. The van der Waals surface area contributed by atoms with Crippen LogP contribution in [0.15, 0.2) is 41.2 Å². The second-order valence-corrected chi connectivity index (χ2v) is 5.50. The highest BCUT2D eigenvalue weighted by atomic mass is 32.1. The van der Waals surface area contributed by atoms with Crippen molar-refractivity contribution >= 4 is 23.3 Å². The van der Waals surface area contributed by atoms with E-state index in [9.17, 15) is 4.79 Å². The van der Waals surface area contributed by atoms with Gasteiger partial charge in [-0.15, -0.1) is 0 Å². The predicted octanol–water partition coefficient (Wildman–Crippen LogP) is 3.17. The summed E-state index contributed by atoms with van der Waals surface area (Å²) in [5.74, 6) is 0.0890. The van der Waals surface area contributed by atoms with Crippen molar-refractivity contribution < 1.29 is 4.79 Å². The third-order valence-electron chi connectivity index (χ3n) is 3.59. The fourth-order valence-electron chi connectivity index (χ4n) is 2.51. The summed E-state index contributed by atoms with van der Waals surface area (Å²) in [6, 6.07) is 6.29. The molecule has 2 aromatic rings. The van der Waals surface area contributed by atoms with E-state index >= 15 is 0 Å². The normalized spacial score (nSPS) is 18.8. The van der Waals surface area contributed by atoms with E-state index in [2.05, 4.69) is 23.8 Å². The van der Waals surface area contributed by atoms with Crippen LogP contribution in [0.2, 0.25) is 0 Å². The van der Waals surface area contributed by atoms with Crippen molar-refractivity contribution in [3.8, 4) is 0 Å². The number of carbonyl (C=O) groups is 1. The van der Waals surface area contributed by atoms with Crippen molar-refractivity contribution in [2.75, 3.05) is 6.54 Å². The number of hydrogen-bond donors (Lipinski definition) is 0. The number of rotatable bonds is 2. The first kappa shape index (κ1) is 12.2. The molecule has 0 aliphatic carbocycles. The summed E-state index contributed by atoms with van der Waals surface area (Å²) in [5.41, 5.74) is 2.30. The highest BCUT2D eigenvalue weighted by Gasteiger charge is 2.25. The number of hydrogen-bond acceptors (Lipinski definition) is 2. The van der Waals surface area contributed by atoms with Gasteiger partial charge in [-0.05, 0) is 47.5 Å². The number of aromatic nitrogens is 1. The van der Waals surface area contributed by atoms with Crippen LogP contribution in [0, 0.1) is 0 Å². The second kappa shape index (κ2) is 5.05. The first-order valence-electron chi connectivity index (χ1n) is 6.41. The number of amides is 1. The van der Waals surface area contributed by atoms with Gasteiger partial charge < -0.3 is 9.47 Å². The van der Waals surface area contributed by atoms with Crippen molar-refractivity contribution in [1.82, 2.24) is 9.47 Å². The minimum Gasteiger partial charge on any atom is -0.348 e. The second-order valence-electron chi connectivity index (χ2n) is 4.72. The van der Waals surface area contributed by atoms with E-state index in [0.717, 1.165) is 18.7 Å². The first-order chi connectivity index (χ1) is 9.25. The molecular weight excluding hydrogens is 256 g/mol. The van der Waals surface area contributed by atoms with Crippen LogP contribution in [0.4, 0.5) is 0 Å². The van der Waals surface area contributed by atoms with Crippen molar-refractivity contribution in [3.05, 3.63) is 52.5 Å². The van der Waals surface area contributed by atoms with Crippen LogP contribution in [-0.4, -0.2) is 21.9 Å². The summed E-state index contributed by atoms with van der Waals surface area (Å²) in [6.45, 7) is 3.74. The standard InChI is InChI=1S/C15H16N2OS/c1-12-14-3-2-7-16(14)8-9-17(12)15(18)5-4-13-6-10-19-11-13/h2-7,10-12H,8-9H2,1H3/b5-4+/t12-/m0/s1. The van der Waals surface area contributed by atoms with E-state index in [1.54, 1.807) is 17.4 Å². The molecule has 19 heavy (non-hydrogen) atoms. The average molecular weight is 272 g/mol. The highest BCUT2D eigenvalue weighted by molar-refractivity contribution is 7.08. The zero-order valence-electron chi connectivity index (χ0n) is 10.8. The zero-order chi connectivity index (χ0) is 13.2. The highest BCUT2D eigenvalue weighted by Crippen LogP contribution is 2.25. The Bertz CT molecular complexity index is 597. The molecule has 4 heteroatoms. The Hall–Kier alpha value is -1.81. The molecule has 1 aliphatic rings. The Labute approximate surface area is 116 Å². The number of thiophene rings is 1. The monoisotopic (exact) mass is 272 g/mol. The number of nitrogens with zero attached hydrogens (tertiary/aromatic N) is 2. The van der Waals surface area contributed by atoms with Crippen LogP contribution >= 0.6 is 11.3 Å². The predicted molar refractivity (Wildman–Crippen MR) is 77.9 cm³/mol. The molecule has 0 radical (unpaired) electrons. The quantitative estimate of drug-likeness (QED) is 0.771. The number of fused-ring (bicyclic) bond motifs is 1. The SMILES string of the molecule is C[C@H]1c2cccn2CCN1C(=O)/C=C/c1ccsc1. The lowest BCUT2D eigenvalue weighted by Gasteiger charge is -2.34. The van der Waals surface area contributed by atoms with E-state index in [1.807, 2.05) is 33.9 Å². The van der Waals surface area contributed by atoms with E-state index in [-0.39, 0.29) is 11.9 Å². The van der Waals surface area contributed by atoms with E-state index in [0.29, 0.717) is 0 Å². The third kappa shape index (κ3) is 2.36. The third-order valence-corrected chi connectivity index (χ3v) is 4.29. The van der Waals surface area contributed by atoms with Gasteiger partial charge in [-0.25, -0.2) is 0 Å². The molecule has 3 rings (SSSR count). The first-order valence-corrected chi connectivity index (χ1v) is 7.36. The van der Waals surface area contributed by atoms with Gasteiger partial charge in [0.25, 0.3) is 0 Å². The van der Waals surface area contributed by atoms with Gasteiger partial charge in [0.05, 0.1) is 6.04 Å². The molecule has 0 unspecified atom stereocenters. The summed E-state index contributed by atoms with van der Waals surface area (Å²) in [5, 5.41) is 4.05. The maximum atomic E-state index is 12.3. The molecule has 0 saturated carbocycles. The van der Waals surface area contributed by atoms with Crippen molar-refractivity contribution in [2.45, 2.75) is 19.5 Å². The minimum absolute atomic E-state index is 0.0890. The molecule has 0 bridgehead atoms. The summed E-state index contributed by atoms with van der Waals surface area (Å²) in [6.07, 6.45) is 5.64. The van der Waals surface area contributed by atoms with Crippen LogP contribution < -0.4 is 0 Å². The Kier molecular flexibility index (Phi) is 3.25. The van der Waals surface area contributed by atoms with Gasteiger partial charge >= 0.3 is 0 Å². The van der Waals surface area contributed by atoms with Gasteiger partial charge in [-0.2, -0.15) is 11.3 Å². The molecule has 98 valence electrons. The van der Waals surface area contributed by atoms with Crippen molar-refractivity contribution in [2.24, 2.45) is 0 Å². The fraction of sp³-hybridized carbons (Fsp3) is 0.267. The molecule has 3 heterocycles. The molecule has 0 N–H and O–H groups in total. The molecular formula is C15H16N2OS. The molecule has 2 aromatic heterocycles. The maximum Gasteiger partial charge on any atom is 0.247 e. The van der Waals surface area contributed by atoms with E-state index < -0.39 is 0 Å². The minimum atomic E-state index is 0.0890. The van der Waals surface area contributed by atoms with E-state index in [1.165, 1.54) is 5.69 Å². The van der Waals surface area contributed by atoms with Crippen molar-refractivity contribution in [3.63, 3.8) is 0 Å². The summed E-state index contributed by atoms with van der Waals surface area (Å²) in [7, 11) is 0. The molecule has 1 amide bonds. The zero-order valence-corrected chi connectivity index (χ0v) is 11.6. The largest absolute Gasteiger partial charge is 0.348 e. The summed E-state index contributed by atoms with van der Waals surface area (Å²) < 4.78 is 2.22. The molecule has 0 aromatic carbocycles. The molecule has 1 aliphatic heterocycles. The maximum absolute atomic E-state index is 12.3. The smallest absolute Gasteiger partial charge is 0.247 e. The lowest BCUT2D eigenvalue weighted by atomic mass is 10.1. The summed E-state index contributed by atoms with van der Waals surface area (Å²) in [4.78, 5) is 14.2. The van der Waals surface area contributed by atoms with Gasteiger partial charge in [0, 0.05) is 31.1 Å². The van der Waals surface area contributed by atoms with Gasteiger partial charge in [0.1, 0.15) is 0 Å². The number of carbonyl (C=O) groups excluding carboxylic acids is 1. The molecule has 0 spiro atoms. The van der Waals surface area contributed by atoms with Gasteiger partial charge in [-0.3, -0.25) is 4.79 Å². The lowest BCUT2D eigenvalue weighted by Crippen LogP contribution is -2.39. The Morgan fingerprint density at radius 3 is 3.11 bits per heavy atom. The Morgan fingerprint density at radius 2 is 2.32 bits per heavy atom. The molecule has 3 nitrogen and oxygen atoms in total. The molecule has 1 atom stereocenters. The van der Waals surface area contributed by atoms with Crippen LogP contribution in [-0.2, 0) is 11.3 Å². The topological polar surface area (TPSA) is 25.2 Å². The van der Waals surface area contributed by atoms with Crippen LogP contribution in [0.1, 0.15) is 24.2 Å². The van der Waals surface area contributed by atoms with Gasteiger partial charge in [-0.1, -0.05) is 0 Å². The Morgan fingerprint density at radius 1 is 1.42 bits per heavy atom. The molecule has 0 fully saturated rings. The van der Waals surface area contributed by atoms with Crippen LogP contribution in [0.5, 0.6) is 0 Å². The van der Waals surface area contributed by atoms with Gasteiger partial charge in [0.2, 0.25) is 5.91 Å².